The summed E-state index contributed by atoms with van der Waals surface area (Å²) in [4.78, 5) is 13.3. The monoisotopic (exact) mass is 454 g/mol. The van der Waals surface area contributed by atoms with E-state index in [1.807, 2.05) is 12.1 Å². The number of carbonyl (C=O) groups excluding carboxylic acids is 1. The van der Waals surface area contributed by atoms with Crippen molar-refractivity contribution in [2.24, 2.45) is 17.8 Å². The first-order valence-corrected chi connectivity index (χ1v) is 12.1. The number of nitrogens with one attached hydrogen (secondary N) is 2. The molecule has 5 nitrogen and oxygen atoms in total. The van der Waals surface area contributed by atoms with Gasteiger partial charge in [0.2, 0.25) is 0 Å². The van der Waals surface area contributed by atoms with Crippen molar-refractivity contribution in [3.63, 3.8) is 0 Å². The molecule has 1 aliphatic heterocycles. The molecule has 174 valence electrons. The number of fused-ring (bicyclic) bond motifs is 7. The normalized spacial score (nSPS) is 26.2. The number of benzene rings is 3. The molecule has 1 heterocycles. The third-order valence-corrected chi connectivity index (χ3v) is 8.16. The molecule has 3 aromatic rings. The van der Waals surface area contributed by atoms with Gasteiger partial charge in [-0.25, -0.2) is 0 Å². The largest absolute Gasteiger partial charge is 0.497 e. The molecule has 0 aromatic heterocycles. The summed E-state index contributed by atoms with van der Waals surface area (Å²) in [6, 6.07) is 22.7. The van der Waals surface area contributed by atoms with Gasteiger partial charge in [0.1, 0.15) is 11.5 Å². The van der Waals surface area contributed by atoms with Crippen LogP contribution in [-0.2, 0) is 0 Å². The van der Waals surface area contributed by atoms with Crippen molar-refractivity contribution in [2.75, 3.05) is 24.9 Å². The predicted molar refractivity (Wildman–Crippen MR) is 134 cm³/mol. The molecule has 3 aliphatic rings. The van der Waals surface area contributed by atoms with Crippen LogP contribution in [0.3, 0.4) is 0 Å². The van der Waals surface area contributed by atoms with Gasteiger partial charge < -0.3 is 20.1 Å². The van der Waals surface area contributed by atoms with Gasteiger partial charge in [-0.15, -0.1) is 0 Å². The third-order valence-electron chi connectivity index (χ3n) is 8.16. The van der Waals surface area contributed by atoms with Crippen molar-refractivity contribution in [2.45, 2.75) is 31.2 Å². The van der Waals surface area contributed by atoms with E-state index in [2.05, 4.69) is 53.1 Å². The zero-order chi connectivity index (χ0) is 23.2. The first kappa shape index (κ1) is 21.1. The van der Waals surface area contributed by atoms with Gasteiger partial charge in [-0.05, 0) is 84.4 Å². The SMILES string of the molecule is COc1ccc(OC)c(NC(=O)c2ccc3c(c2)[C@H]2[C@@H]4CC[C@@H](C4)[C@@H]2[C@@H](c2ccccc2)N3)c1. The Morgan fingerprint density at radius 2 is 1.76 bits per heavy atom. The fraction of sp³-hybridized carbons (Fsp3) is 0.345. The first-order chi connectivity index (χ1) is 16.7. The zero-order valence-electron chi connectivity index (χ0n) is 19.6. The second-order valence-electron chi connectivity index (χ2n) is 9.79. The Labute approximate surface area is 200 Å². The van der Waals surface area contributed by atoms with Crippen molar-refractivity contribution < 1.29 is 14.3 Å². The van der Waals surface area contributed by atoms with E-state index in [1.165, 1.54) is 30.4 Å². The molecule has 5 heteroatoms. The highest BCUT2D eigenvalue weighted by molar-refractivity contribution is 6.05. The van der Waals surface area contributed by atoms with Crippen LogP contribution in [0.2, 0.25) is 0 Å². The number of hydrogen-bond acceptors (Lipinski definition) is 4. The lowest BCUT2D eigenvalue weighted by molar-refractivity contribution is 0.102. The summed E-state index contributed by atoms with van der Waals surface area (Å²) in [7, 11) is 3.21. The molecule has 2 N–H and O–H groups in total. The molecular formula is C29H30N2O3. The maximum atomic E-state index is 13.3. The third kappa shape index (κ3) is 3.42. The van der Waals surface area contributed by atoms with Crippen LogP contribution in [0.1, 0.15) is 52.7 Å². The van der Waals surface area contributed by atoms with Gasteiger partial charge in [-0.3, -0.25) is 4.79 Å². The molecule has 2 saturated carbocycles. The van der Waals surface area contributed by atoms with Crippen LogP contribution in [0, 0.1) is 17.8 Å². The number of anilines is 2. The summed E-state index contributed by atoms with van der Waals surface area (Å²) < 4.78 is 10.8. The van der Waals surface area contributed by atoms with E-state index in [1.54, 1.807) is 26.4 Å². The van der Waals surface area contributed by atoms with Crippen LogP contribution in [-0.4, -0.2) is 20.1 Å². The minimum atomic E-state index is -0.140. The molecule has 3 aromatic carbocycles. The van der Waals surface area contributed by atoms with Gasteiger partial charge >= 0.3 is 0 Å². The van der Waals surface area contributed by atoms with E-state index >= 15 is 0 Å². The topological polar surface area (TPSA) is 59.6 Å². The van der Waals surface area contributed by atoms with Crippen molar-refractivity contribution in [3.8, 4) is 11.5 Å². The van der Waals surface area contributed by atoms with E-state index in [-0.39, 0.29) is 5.91 Å². The average molecular weight is 455 g/mol. The van der Waals surface area contributed by atoms with Gasteiger partial charge in [0, 0.05) is 17.3 Å². The number of carbonyl (C=O) groups is 1. The van der Waals surface area contributed by atoms with E-state index < -0.39 is 0 Å². The summed E-state index contributed by atoms with van der Waals surface area (Å²) in [5, 5.41) is 6.87. The summed E-state index contributed by atoms with van der Waals surface area (Å²) in [6.45, 7) is 0. The maximum Gasteiger partial charge on any atom is 0.255 e. The van der Waals surface area contributed by atoms with Crippen LogP contribution in [0.25, 0.3) is 0 Å². The van der Waals surface area contributed by atoms with Gasteiger partial charge in [0.05, 0.1) is 25.9 Å². The van der Waals surface area contributed by atoms with Gasteiger partial charge in [0.25, 0.3) is 5.91 Å². The smallest absolute Gasteiger partial charge is 0.255 e. The molecule has 34 heavy (non-hydrogen) atoms. The van der Waals surface area contributed by atoms with E-state index in [0.29, 0.717) is 46.5 Å². The lowest BCUT2D eigenvalue weighted by atomic mass is 9.68. The highest BCUT2D eigenvalue weighted by atomic mass is 16.5. The van der Waals surface area contributed by atoms with Crippen molar-refractivity contribution >= 4 is 17.3 Å². The molecule has 2 bridgehead atoms. The standard InChI is InChI=1S/C29H30N2O3/c1-33-21-11-13-25(34-2)24(16-21)31-29(32)20-10-12-23-22(15-20)26-18-8-9-19(14-18)27(26)28(30-23)17-6-4-3-5-7-17/h3-7,10-13,15-16,18-19,26-28,30H,8-9,14H2,1-2H3,(H,31,32)/t18-,19+,26-,27+,28-/m1/s1. The Morgan fingerprint density at radius 3 is 2.56 bits per heavy atom. The summed E-state index contributed by atoms with van der Waals surface area (Å²) in [6.07, 6.45) is 3.92. The van der Waals surface area contributed by atoms with Crippen LogP contribution >= 0.6 is 0 Å². The van der Waals surface area contributed by atoms with Crippen molar-refractivity contribution in [1.82, 2.24) is 0 Å². The molecule has 0 spiro atoms. The number of rotatable bonds is 5. The summed E-state index contributed by atoms with van der Waals surface area (Å²) in [5.41, 5.74) is 5.10. The van der Waals surface area contributed by atoms with Crippen molar-refractivity contribution in [3.05, 3.63) is 83.4 Å². The second-order valence-corrected chi connectivity index (χ2v) is 9.79. The summed E-state index contributed by atoms with van der Waals surface area (Å²) >= 11 is 0. The molecule has 1 amide bonds. The average Bonchev–Trinajstić information content (AvgIpc) is 3.51. The van der Waals surface area contributed by atoms with Gasteiger partial charge in [-0.2, -0.15) is 0 Å². The minimum absolute atomic E-state index is 0.140. The molecule has 0 unspecified atom stereocenters. The van der Waals surface area contributed by atoms with E-state index in [9.17, 15) is 4.79 Å². The van der Waals surface area contributed by atoms with Crippen LogP contribution in [0.5, 0.6) is 11.5 Å². The van der Waals surface area contributed by atoms with Crippen LogP contribution in [0.4, 0.5) is 11.4 Å². The number of ether oxygens (including phenoxy) is 2. The molecule has 0 radical (unpaired) electrons. The lowest BCUT2D eigenvalue weighted by Gasteiger charge is -2.43. The van der Waals surface area contributed by atoms with Crippen LogP contribution in [0.15, 0.2) is 66.7 Å². The van der Waals surface area contributed by atoms with Gasteiger partial charge in [0.15, 0.2) is 0 Å². The highest BCUT2D eigenvalue weighted by Crippen LogP contribution is 2.63. The molecule has 5 atom stereocenters. The Balaban J connectivity index is 1.33. The number of hydrogen-bond donors (Lipinski definition) is 2. The molecule has 2 aliphatic carbocycles. The number of amides is 1. The maximum absolute atomic E-state index is 13.3. The van der Waals surface area contributed by atoms with Crippen molar-refractivity contribution in [1.29, 1.82) is 0 Å². The minimum Gasteiger partial charge on any atom is -0.497 e. The Kier molecular flexibility index (Phi) is 5.20. The fourth-order valence-electron chi connectivity index (χ4n) is 6.72. The molecular weight excluding hydrogens is 424 g/mol. The Hall–Kier alpha value is -3.47. The second kappa shape index (κ2) is 8.39. The van der Waals surface area contributed by atoms with E-state index in [0.717, 1.165) is 11.6 Å². The predicted octanol–water partition coefficient (Wildman–Crippen LogP) is 6.25. The lowest BCUT2D eigenvalue weighted by Crippen LogP contribution is -2.35. The Morgan fingerprint density at radius 1 is 0.941 bits per heavy atom. The first-order valence-electron chi connectivity index (χ1n) is 12.1. The van der Waals surface area contributed by atoms with Gasteiger partial charge in [-0.1, -0.05) is 30.3 Å². The van der Waals surface area contributed by atoms with E-state index in [4.69, 9.17) is 9.47 Å². The van der Waals surface area contributed by atoms with Crippen LogP contribution < -0.4 is 20.1 Å². The molecule has 6 rings (SSSR count). The number of methoxy groups -OCH3 is 2. The highest BCUT2D eigenvalue weighted by Gasteiger charge is 2.53. The molecule has 2 fully saturated rings. The quantitative estimate of drug-likeness (QED) is 0.478. The summed E-state index contributed by atoms with van der Waals surface area (Å²) in [5.74, 6) is 3.66. The molecule has 0 saturated heterocycles. The Bertz CT molecular complexity index is 1230. The fourth-order valence-corrected chi connectivity index (χ4v) is 6.72. The zero-order valence-corrected chi connectivity index (χ0v) is 19.6.